The lowest BCUT2D eigenvalue weighted by molar-refractivity contribution is 0.102. The van der Waals surface area contributed by atoms with Gasteiger partial charge in [0.1, 0.15) is 11.5 Å². The van der Waals surface area contributed by atoms with Crippen LogP contribution in [0.25, 0.3) is 10.9 Å². The number of hydrogen-bond donors (Lipinski definition) is 1. The molecular weight excluding hydrogens is 340 g/mol. The van der Waals surface area contributed by atoms with Gasteiger partial charge in [-0.2, -0.15) is 0 Å². The van der Waals surface area contributed by atoms with E-state index in [2.05, 4.69) is 17.2 Å². The third kappa shape index (κ3) is 4.37. The molecule has 0 aliphatic heterocycles. The van der Waals surface area contributed by atoms with Gasteiger partial charge in [-0.15, -0.1) is 0 Å². The van der Waals surface area contributed by atoms with Gasteiger partial charge < -0.3 is 14.8 Å². The Morgan fingerprint density at radius 2 is 1.96 bits per heavy atom. The summed E-state index contributed by atoms with van der Waals surface area (Å²) in [5.74, 6) is 1.09. The zero-order valence-corrected chi connectivity index (χ0v) is 15.9. The van der Waals surface area contributed by atoms with Crippen molar-refractivity contribution in [3.63, 3.8) is 0 Å². The average molecular weight is 364 g/mol. The number of pyridine rings is 1. The summed E-state index contributed by atoms with van der Waals surface area (Å²) in [6, 6.07) is 14.8. The molecule has 1 heterocycles. The van der Waals surface area contributed by atoms with Crippen molar-refractivity contribution in [2.45, 2.75) is 26.7 Å². The number of carbonyl (C=O) groups excluding carboxylic acids is 1. The molecule has 2 aromatic carbocycles. The Morgan fingerprint density at radius 3 is 2.74 bits per heavy atom. The van der Waals surface area contributed by atoms with Crippen molar-refractivity contribution in [3.8, 4) is 11.5 Å². The fourth-order valence-electron chi connectivity index (χ4n) is 2.87. The van der Waals surface area contributed by atoms with Gasteiger partial charge in [0.15, 0.2) is 0 Å². The highest BCUT2D eigenvalue weighted by molar-refractivity contribution is 6.12. The van der Waals surface area contributed by atoms with E-state index in [-0.39, 0.29) is 5.91 Å². The van der Waals surface area contributed by atoms with Gasteiger partial charge in [-0.25, -0.2) is 0 Å². The van der Waals surface area contributed by atoms with Crippen molar-refractivity contribution >= 4 is 22.5 Å². The van der Waals surface area contributed by atoms with Gasteiger partial charge in [-0.1, -0.05) is 31.5 Å². The molecule has 0 spiro atoms. The topological polar surface area (TPSA) is 60.5 Å². The summed E-state index contributed by atoms with van der Waals surface area (Å²) in [6.07, 6.45) is 1.99. The van der Waals surface area contributed by atoms with E-state index in [4.69, 9.17) is 9.47 Å². The predicted octanol–water partition coefficient (Wildman–Crippen LogP) is 4.98. The Bertz CT molecular complexity index is 953. The Hall–Kier alpha value is -3.08. The van der Waals surface area contributed by atoms with Crippen molar-refractivity contribution in [3.05, 3.63) is 59.8 Å². The number of aryl methyl sites for hydroxylation is 1. The monoisotopic (exact) mass is 364 g/mol. The number of nitrogens with zero attached hydrogens (tertiary/aromatic N) is 1. The van der Waals surface area contributed by atoms with Crippen LogP contribution in [-0.2, 0) is 0 Å². The number of unbranched alkanes of at least 4 members (excludes halogenated alkanes) is 1. The van der Waals surface area contributed by atoms with Crippen LogP contribution >= 0.6 is 0 Å². The van der Waals surface area contributed by atoms with Crippen LogP contribution in [0.4, 0.5) is 5.69 Å². The van der Waals surface area contributed by atoms with E-state index in [0.29, 0.717) is 29.4 Å². The highest BCUT2D eigenvalue weighted by atomic mass is 16.5. The van der Waals surface area contributed by atoms with E-state index < -0.39 is 0 Å². The summed E-state index contributed by atoms with van der Waals surface area (Å²) in [5.41, 5.74) is 2.77. The second-order valence-electron chi connectivity index (χ2n) is 6.35. The van der Waals surface area contributed by atoms with Crippen LogP contribution in [0.5, 0.6) is 11.5 Å². The molecule has 5 heteroatoms. The molecule has 0 atom stereocenters. The number of rotatable bonds is 7. The van der Waals surface area contributed by atoms with Gasteiger partial charge in [0.25, 0.3) is 5.91 Å². The average Bonchev–Trinajstić information content (AvgIpc) is 2.68. The first kappa shape index (κ1) is 18.7. The van der Waals surface area contributed by atoms with Crippen LogP contribution in [0.2, 0.25) is 0 Å². The second kappa shape index (κ2) is 8.54. The van der Waals surface area contributed by atoms with Gasteiger partial charge in [-0.3, -0.25) is 9.78 Å². The molecule has 27 heavy (non-hydrogen) atoms. The minimum atomic E-state index is -0.203. The van der Waals surface area contributed by atoms with Crippen molar-refractivity contribution in [1.29, 1.82) is 0 Å². The SMILES string of the molecule is CCCCOc1ccc(OC)cc1NC(=O)c1cc(C)nc2ccccc12. The lowest BCUT2D eigenvalue weighted by atomic mass is 10.1. The summed E-state index contributed by atoms with van der Waals surface area (Å²) in [4.78, 5) is 17.5. The molecule has 0 saturated carbocycles. The molecule has 0 radical (unpaired) electrons. The maximum atomic E-state index is 13.0. The first-order valence-corrected chi connectivity index (χ1v) is 9.11. The molecule has 3 rings (SSSR count). The number of methoxy groups -OCH3 is 1. The minimum absolute atomic E-state index is 0.203. The molecule has 0 aliphatic rings. The zero-order valence-electron chi connectivity index (χ0n) is 15.9. The Morgan fingerprint density at radius 1 is 1.15 bits per heavy atom. The van der Waals surface area contributed by atoms with Crippen molar-refractivity contribution in [2.24, 2.45) is 0 Å². The molecule has 1 aromatic heterocycles. The third-order valence-corrected chi connectivity index (χ3v) is 4.28. The predicted molar refractivity (Wildman–Crippen MR) is 108 cm³/mol. The number of nitrogens with one attached hydrogen (secondary N) is 1. The number of amides is 1. The fraction of sp³-hybridized carbons (Fsp3) is 0.273. The molecule has 5 nitrogen and oxygen atoms in total. The Kier molecular flexibility index (Phi) is 5.91. The Balaban J connectivity index is 1.93. The lowest BCUT2D eigenvalue weighted by Crippen LogP contribution is -2.14. The highest BCUT2D eigenvalue weighted by Crippen LogP contribution is 2.30. The van der Waals surface area contributed by atoms with Crippen molar-refractivity contribution < 1.29 is 14.3 Å². The van der Waals surface area contributed by atoms with E-state index in [1.807, 2.05) is 43.3 Å². The van der Waals surface area contributed by atoms with Crippen molar-refractivity contribution in [1.82, 2.24) is 4.98 Å². The van der Waals surface area contributed by atoms with Gasteiger partial charge in [0, 0.05) is 17.1 Å². The van der Waals surface area contributed by atoms with Crippen LogP contribution in [-0.4, -0.2) is 24.6 Å². The minimum Gasteiger partial charge on any atom is -0.497 e. The molecule has 0 saturated heterocycles. The van der Waals surface area contributed by atoms with E-state index in [1.165, 1.54) is 0 Å². The summed E-state index contributed by atoms with van der Waals surface area (Å²) < 4.78 is 11.1. The number of carbonyl (C=O) groups is 1. The highest BCUT2D eigenvalue weighted by Gasteiger charge is 2.15. The number of anilines is 1. The molecule has 0 aliphatic carbocycles. The molecule has 0 fully saturated rings. The molecule has 1 N–H and O–H groups in total. The Labute approximate surface area is 159 Å². The van der Waals surface area contributed by atoms with Gasteiger partial charge in [0.2, 0.25) is 0 Å². The first-order chi connectivity index (χ1) is 13.1. The fourth-order valence-corrected chi connectivity index (χ4v) is 2.87. The summed E-state index contributed by atoms with van der Waals surface area (Å²) in [6.45, 7) is 4.59. The number of hydrogen-bond acceptors (Lipinski definition) is 4. The summed E-state index contributed by atoms with van der Waals surface area (Å²) in [7, 11) is 1.60. The molecule has 1 amide bonds. The van der Waals surface area contributed by atoms with Crippen LogP contribution in [0.3, 0.4) is 0 Å². The standard InChI is InChI=1S/C22H24N2O3/c1-4-5-12-27-21-11-10-16(26-3)14-20(21)24-22(25)18-13-15(2)23-19-9-7-6-8-17(18)19/h6-11,13-14H,4-5,12H2,1-3H3,(H,24,25). The molecule has 140 valence electrons. The number of para-hydroxylation sites is 1. The molecule has 0 unspecified atom stereocenters. The molecular formula is C22H24N2O3. The van der Waals surface area contributed by atoms with E-state index in [0.717, 1.165) is 29.4 Å². The number of aromatic nitrogens is 1. The van der Waals surface area contributed by atoms with Gasteiger partial charge >= 0.3 is 0 Å². The maximum absolute atomic E-state index is 13.0. The summed E-state index contributed by atoms with van der Waals surface area (Å²) >= 11 is 0. The lowest BCUT2D eigenvalue weighted by Gasteiger charge is -2.15. The van der Waals surface area contributed by atoms with Gasteiger partial charge in [0.05, 0.1) is 30.5 Å². The third-order valence-electron chi connectivity index (χ3n) is 4.28. The maximum Gasteiger partial charge on any atom is 0.256 e. The first-order valence-electron chi connectivity index (χ1n) is 9.11. The van der Waals surface area contributed by atoms with Crippen molar-refractivity contribution in [2.75, 3.05) is 19.0 Å². The molecule has 3 aromatic rings. The smallest absolute Gasteiger partial charge is 0.256 e. The number of fused-ring (bicyclic) bond motifs is 1. The van der Waals surface area contributed by atoms with E-state index in [9.17, 15) is 4.79 Å². The van der Waals surface area contributed by atoms with Gasteiger partial charge in [-0.05, 0) is 37.6 Å². The normalized spacial score (nSPS) is 10.6. The number of benzene rings is 2. The molecule has 0 bridgehead atoms. The van der Waals surface area contributed by atoms with Crippen LogP contribution in [0, 0.1) is 6.92 Å². The van der Waals surface area contributed by atoms with Crippen LogP contribution in [0.15, 0.2) is 48.5 Å². The zero-order chi connectivity index (χ0) is 19.2. The van der Waals surface area contributed by atoms with E-state index in [1.54, 1.807) is 19.2 Å². The quantitative estimate of drug-likeness (QED) is 0.601. The number of ether oxygens (including phenoxy) is 2. The van der Waals surface area contributed by atoms with E-state index >= 15 is 0 Å². The largest absolute Gasteiger partial charge is 0.497 e. The van der Waals surface area contributed by atoms with Crippen LogP contribution < -0.4 is 14.8 Å². The van der Waals surface area contributed by atoms with Crippen LogP contribution in [0.1, 0.15) is 35.8 Å². The summed E-state index contributed by atoms with van der Waals surface area (Å²) in [5, 5.41) is 3.79. The second-order valence-corrected chi connectivity index (χ2v) is 6.35.